The highest BCUT2D eigenvalue weighted by Gasteiger charge is 2.32. The van der Waals surface area contributed by atoms with Gasteiger partial charge in [-0.25, -0.2) is 0 Å². The molecule has 0 fully saturated rings. The molecule has 0 aliphatic carbocycles. The van der Waals surface area contributed by atoms with Crippen molar-refractivity contribution in [2.24, 2.45) is 5.73 Å². The Labute approximate surface area is 153 Å². The molecule has 1 atom stereocenters. The van der Waals surface area contributed by atoms with Crippen LogP contribution >= 0.6 is 15.9 Å². The van der Waals surface area contributed by atoms with Crippen molar-refractivity contribution >= 4 is 15.9 Å². The highest BCUT2D eigenvalue weighted by Crippen LogP contribution is 2.47. The van der Waals surface area contributed by atoms with Crippen LogP contribution in [0.15, 0.2) is 46.3 Å². The molecule has 2 aromatic carbocycles. The van der Waals surface area contributed by atoms with E-state index in [1.54, 1.807) is 38.5 Å². The van der Waals surface area contributed by atoms with Gasteiger partial charge in [-0.2, -0.15) is 5.26 Å². The molecule has 0 bridgehead atoms. The number of ether oxygens (including phenoxy) is 3. The van der Waals surface area contributed by atoms with Gasteiger partial charge in [0, 0.05) is 16.1 Å². The quantitative estimate of drug-likeness (QED) is 0.816. The Kier molecular flexibility index (Phi) is 4.47. The van der Waals surface area contributed by atoms with Gasteiger partial charge in [-0.05, 0) is 23.8 Å². The summed E-state index contributed by atoms with van der Waals surface area (Å²) in [6.45, 7) is 0. The van der Waals surface area contributed by atoms with Crippen molar-refractivity contribution in [1.29, 1.82) is 5.26 Å². The second-order valence-corrected chi connectivity index (χ2v) is 6.23. The Morgan fingerprint density at radius 2 is 1.84 bits per heavy atom. The van der Waals surface area contributed by atoms with E-state index in [4.69, 9.17) is 19.9 Å². The van der Waals surface area contributed by atoms with Crippen molar-refractivity contribution in [2.45, 2.75) is 5.92 Å². The SMILES string of the molecule is COc1cc(Br)c([C@H]2C(C#N)=C(N)Oc3cc(O)ccc32)cc1OC. The van der Waals surface area contributed by atoms with Crippen LogP contribution in [0.2, 0.25) is 0 Å². The molecule has 0 unspecified atom stereocenters. The lowest BCUT2D eigenvalue weighted by molar-refractivity contribution is 0.353. The molecule has 0 radical (unpaired) electrons. The van der Waals surface area contributed by atoms with Gasteiger partial charge < -0.3 is 25.1 Å². The summed E-state index contributed by atoms with van der Waals surface area (Å²) in [6.07, 6.45) is 0. The highest BCUT2D eigenvalue weighted by molar-refractivity contribution is 9.10. The lowest BCUT2D eigenvalue weighted by Gasteiger charge is -2.27. The average Bonchev–Trinajstić information content (AvgIpc) is 2.60. The van der Waals surface area contributed by atoms with Crippen molar-refractivity contribution in [2.75, 3.05) is 14.2 Å². The van der Waals surface area contributed by atoms with Gasteiger partial charge in [-0.15, -0.1) is 0 Å². The molecule has 1 aliphatic heterocycles. The van der Waals surface area contributed by atoms with Gasteiger partial charge in [0.15, 0.2) is 11.5 Å². The Bertz CT molecular complexity index is 918. The van der Waals surface area contributed by atoms with Gasteiger partial charge in [-0.3, -0.25) is 0 Å². The number of halogens is 1. The number of benzene rings is 2. The van der Waals surface area contributed by atoms with Crippen LogP contribution in [0.1, 0.15) is 17.0 Å². The second kappa shape index (κ2) is 6.57. The minimum absolute atomic E-state index is 0.00675. The summed E-state index contributed by atoms with van der Waals surface area (Å²) in [5, 5.41) is 19.3. The van der Waals surface area contributed by atoms with Crippen LogP contribution in [-0.2, 0) is 0 Å². The predicted molar refractivity (Wildman–Crippen MR) is 94.7 cm³/mol. The maximum absolute atomic E-state index is 9.71. The zero-order valence-electron chi connectivity index (χ0n) is 13.5. The van der Waals surface area contributed by atoms with Crippen molar-refractivity contribution in [3.63, 3.8) is 0 Å². The second-order valence-electron chi connectivity index (χ2n) is 5.38. The lowest BCUT2D eigenvalue weighted by atomic mass is 9.83. The number of nitriles is 1. The normalized spacial score (nSPS) is 15.8. The van der Waals surface area contributed by atoms with Crippen LogP contribution in [0, 0.1) is 11.3 Å². The number of phenolic OH excluding ortho intramolecular Hbond substituents is 1. The number of nitrogens with zero attached hydrogens (tertiary/aromatic N) is 1. The van der Waals surface area contributed by atoms with E-state index in [1.807, 2.05) is 0 Å². The van der Waals surface area contributed by atoms with E-state index in [2.05, 4.69) is 22.0 Å². The number of aromatic hydroxyl groups is 1. The molecule has 0 saturated carbocycles. The predicted octanol–water partition coefficient (Wildman–Crippen LogP) is 3.39. The largest absolute Gasteiger partial charge is 0.508 e. The maximum atomic E-state index is 9.71. The molecule has 7 heteroatoms. The molecule has 1 aliphatic rings. The van der Waals surface area contributed by atoms with Crippen LogP contribution in [0.25, 0.3) is 0 Å². The van der Waals surface area contributed by atoms with Gasteiger partial charge in [0.25, 0.3) is 0 Å². The summed E-state index contributed by atoms with van der Waals surface area (Å²) in [4.78, 5) is 0. The fourth-order valence-corrected chi connectivity index (χ4v) is 3.41. The molecule has 3 rings (SSSR count). The number of phenols is 1. The van der Waals surface area contributed by atoms with Crippen molar-refractivity contribution in [1.82, 2.24) is 0 Å². The Morgan fingerprint density at radius 1 is 1.16 bits per heavy atom. The molecule has 128 valence electrons. The number of allylic oxidation sites excluding steroid dienone is 1. The Morgan fingerprint density at radius 3 is 2.48 bits per heavy atom. The van der Waals surface area contributed by atoms with Gasteiger partial charge >= 0.3 is 0 Å². The molecule has 6 nitrogen and oxygen atoms in total. The number of fused-ring (bicyclic) bond motifs is 1. The standard InChI is InChI=1S/C18H15BrN2O4/c1-23-15-6-11(13(19)7-16(15)24-2)17-10-4-3-9(22)5-14(10)25-18(21)12(17)8-20/h3-7,17,22H,21H2,1-2H3/t17-/m0/s1. The monoisotopic (exact) mass is 402 g/mol. The minimum atomic E-state index is -0.469. The smallest absolute Gasteiger partial charge is 0.205 e. The number of rotatable bonds is 3. The Hall–Kier alpha value is -2.85. The molecule has 3 N–H and O–H groups in total. The first-order valence-electron chi connectivity index (χ1n) is 7.32. The molecule has 0 spiro atoms. The van der Waals surface area contributed by atoms with E-state index in [-0.39, 0.29) is 17.2 Å². The third-order valence-electron chi connectivity index (χ3n) is 4.02. The lowest BCUT2D eigenvalue weighted by Crippen LogP contribution is -2.21. The fraction of sp³-hybridized carbons (Fsp3) is 0.167. The fourth-order valence-electron chi connectivity index (χ4n) is 2.85. The van der Waals surface area contributed by atoms with Crippen LogP contribution in [0.3, 0.4) is 0 Å². The summed E-state index contributed by atoms with van der Waals surface area (Å²) in [5.41, 5.74) is 7.71. The molecular formula is C18H15BrN2O4. The summed E-state index contributed by atoms with van der Waals surface area (Å²) < 4.78 is 16.9. The number of methoxy groups -OCH3 is 2. The molecule has 0 amide bonds. The average molecular weight is 403 g/mol. The van der Waals surface area contributed by atoms with E-state index in [0.29, 0.717) is 17.2 Å². The molecule has 0 aromatic heterocycles. The first-order valence-corrected chi connectivity index (χ1v) is 8.11. The van der Waals surface area contributed by atoms with E-state index in [1.165, 1.54) is 6.07 Å². The molecular weight excluding hydrogens is 388 g/mol. The first-order chi connectivity index (χ1) is 12.0. The number of hydrogen-bond acceptors (Lipinski definition) is 6. The molecule has 0 saturated heterocycles. The van der Waals surface area contributed by atoms with E-state index >= 15 is 0 Å². The zero-order chi connectivity index (χ0) is 18.1. The van der Waals surface area contributed by atoms with Crippen molar-refractivity contribution < 1.29 is 19.3 Å². The van der Waals surface area contributed by atoms with Gasteiger partial charge in [0.1, 0.15) is 23.1 Å². The zero-order valence-corrected chi connectivity index (χ0v) is 15.1. The summed E-state index contributed by atoms with van der Waals surface area (Å²) in [6, 6.07) is 10.4. The van der Waals surface area contributed by atoms with Crippen LogP contribution in [0.4, 0.5) is 0 Å². The summed E-state index contributed by atoms with van der Waals surface area (Å²) in [5.74, 6) is 1.09. The van der Waals surface area contributed by atoms with Crippen LogP contribution < -0.4 is 19.9 Å². The third-order valence-corrected chi connectivity index (χ3v) is 4.70. The van der Waals surface area contributed by atoms with Crippen LogP contribution in [0.5, 0.6) is 23.0 Å². The summed E-state index contributed by atoms with van der Waals surface area (Å²) in [7, 11) is 3.09. The van der Waals surface area contributed by atoms with E-state index in [9.17, 15) is 10.4 Å². The van der Waals surface area contributed by atoms with E-state index in [0.717, 1.165) is 15.6 Å². The number of hydrogen-bond donors (Lipinski definition) is 2. The minimum Gasteiger partial charge on any atom is -0.508 e. The molecule has 1 heterocycles. The number of nitrogens with two attached hydrogens (primary N) is 1. The molecule has 25 heavy (non-hydrogen) atoms. The van der Waals surface area contributed by atoms with E-state index < -0.39 is 5.92 Å². The summed E-state index contributed by atoms with van der Waals surface area (Å²) >= 11 is 3.53. The van der Waals surface area contributed by atoms with Gasteiger partial charge in [-0.1, -0.05) is 22.0 Å². The van der Waals surface area contributed by atoms with Gasteiger partial charge in [0.05, 0.1) is 20.1 Å². The van der Waals surface area contributed by atoms with Crippen molar-refractivity contribution in [3.8, 4) is 29.1 Å². The molecule has 2 aromatic rings. The topological polar surface area (TPSA) is 97.7 Å². The maximum Gasteiger partial charge on any atom is 0.205 e. The van der Waals surface area contributed by atoms with Crippen LogP contribution in [-0.4, -0.2) is 19.3 Å². The van der Waals surface area contributed by atoms with Gasteiger partial charge in [0.2, 0.25) is 5.88 Å². The van der Waals surface area contributed by atoms with Crippen molar-refractivity contribution in [3.05, 3.63) is 57.4 Å². The first kappa shape index (κ1) is 17.0. The third kappa shape index (κ3) is 2.85. The Balaban J connectivity index is 2.27. The highest BCUT2D eigenvalue weighted by atomic mass is 79.9.